The number of carbonyl (C=O) groups is 2. The van der Waals surface area contributed by atoms with Gasteiger partial charge in [-0.3, -0.25) is 4.90 Å². The molecule has 0 bridgehead atoms. The van der Waals surface area contributed by atoms with E-state index in [-0.39, 0.29) is 18.6 Å². The van der Waals surface area contributed by atoms with Crippen molar-refractivity contribution in [1.82, 2.24) is 4.90 Å². The zero-order valence-electron chi connectivity index (χ0n) is 11.3. The summed E-state index contributed by atoms with van der Waals surface area (Å²) in [4.78, 5) is 24.9. The van der Waals surface area contributed by atoms with E-state index in [9.17, 15) is 9.59 Å². The van der Waals surface area contributed by atoms with Crippen molar-refractivity contribution < 1.29 is 23.8 Å². The molecule has 0 aliphatic carbocycles. The molecule has 6 heteroatoms. The summed E-state index contributed by atoms with van der Waals surface area (Å²) in [6.07, 6.45) is 3.13. The Bertz CT molecular complexity index is 377. The first-order valence-electron chi connectivity index (χ1n) is 5.94. The Morgan fingerprint density at radius 3 is 2.84 bits per heavy atom. The number of carbonyl (C=O) groups excluding carboxylic acids is 2. The smallest absolute Gasteiger partial charge is 0.410 e. The van der Waals surface area contributed by atoms with Gasteiger partial charge in [-0.1, -0.05) is 18.7 Å². The normalized spacial score (nSPS) is 18.5. The van der Waals surface area contributed by atoms with E-state index in [0.717, 1.165) is 0 Å². The summed E-state index contributed by atoms with van der Waals surface area (Å²) in [5, 5.41) is 0. The van der Waals surface area contributed by atoms with E-state index >= 15 is 0 Å². The fourth-order valence-corrected chi connectivity index (χ4v) is 1.88. The zero-order valence-corrected chi connectivity index (χ0v) is 11.3. The van der Waals surface area contributed by atoms with Crippen LogP contribution in [0.3, 0.4) is 0 Å². The maximum absolute atomic E-state index is 11.8. The first kappa shape index (κ1) is 15.2. The molecule has 0 saturated heterocycles. The average molecular weight is 269 g/mol. The van der Waals surface area contributed by atoms with E-state index in [1.54, 1.807) is 13.2 Å². The van der Waals surface area contributed by atoms with Gasteiger partial charge in [0, 0.05) is 25.6 Å². The molecule has 1 rings (SSSR count). The Morgan fingerprint density at radius 1 is 1.53 bits per heavy atom. The zero-order chi connectivity index (χ0) is 14.3. The van der Waals surface area contributed by atoms with Crippen LogP contribution >= 0.6 is 0 Å². The number of hydrogen-bond acceptors (Lipinski definition) is 5. The average Bonchev–Trinajstić information content (AvgIpc) is 2.44. The van der Waals surface area contributed by atoms with Gasteiger partial charge in [0.05, 0.1) is 19.8 Å². The minimum absolute atomic E-state index is 0.155. The molecular weight excluding hydrogens is 250 g/mol. The molecule has 1 aliphatic heterocycles. The van der Waals surface area contributed by atoms with Gasteiger partial charge in [0.1, 0.15) is 6.61 Å². The van der Waals surface area contributed by atoms with Crippen molar-refractivity contribution in [3.05, 3.63) is 24.3 Å². The molecule has 1 amide bonds. The predicted molar refractivity (Wildman–Crippen MR) is 68.6 cm³/mol. The highest BCUT2D eigenvalue weighted by molar-refractivity contribution is 5.89. The fourth-order valence-electron chi connectivity index (χ4n) is 1.88. The number of rotatable bonds is 5. The third-order valence-electron chi connectivity index (χ3n) is 2.80. The van der Waals surface area contributed by atoms with Gasteiger partial charge in [0.25, 0.3) is 0 Å². The van der Waals surface area contributed by atoms with Crippen LogP contribution in [0.2, 0.25) is 0 Å². The maximum Gasteiger partial charge on any atom is 0.410 e. The highest BCUT2D eigenvalue weighted by Gasteiger charge is 2.30. The lowest BCUT2D eigenvalue weighted by molar-refractivity contribution is -0.136. The first-order chi connectivity index (χ1) is 9.13. The summed E-state index contributed by atoms with van der Waals surface area (Å²) >= 11 is 0. The van der Waals surface area contributed by atoms with Crippen LogP contribution in [0.25, 0.3) is 0 Å². The van der Waals surface area contributed by atoms with Crippen molar-refractivity contribution in [2.24, 2.45) is 0 Å². The Balaban J connectivity index is 2.75. The number of nitrogens with zero attached hydrogens (tertiary/aromatic N) is 1. The molecule has 0 aromatic rings. The minimum atomic E-state index is -0.442. The summed E-state index contributed by atoms with van der Waals surface area (Å²) in [5.74, 6) is -0.375. The summed E-state index contributed by atoms with van der Waals surface area (Å²) in [6.45, 7) is 4.27. The quantitative estimate of drug-likeness (QED) is 0.553. The van der Waals surface area contributed by atoms with E-state index in [1.807, 2.05) is 0 Å². The second-order valence-electron chi connectivity index (χ2n) is 4.05. The second-order valence-corrected chi connectivity index (χ2v) is 4.05. The lowest BCUT2D eigenvalue weighted by atomic mass is 10.0. The summed E-state index contributed by atoms with van der Waals surface area (Å²) in [6, 6.07) is -0.235. The van der Waals surface area contributed by atoms with Crippen molar-refractivity contribution in [2.45, 2.75) is 12.5 Å². The van der Waals surface area contributed by atoms with Crippen LogP contribution in [0.15, 0.2) is 24.3 Å². The van der Waals surface area contributed by atoms with Gasteiger partial charge >= 0.3 is 12.1 Å². The number of ether oxygens (including phenoxy) is 3. The summed E-state index contributed by atoms with van der Waals surface area (Å²) in [7, 11) is 2.88. The van der Waals surface area contributed by atoms with E-state index in [1.165, 1.54) is 18.1 Å². The van der Waals surface area contributed by atoms with Gasteiger partial charge in [-0.05, 0) is 0 Å². The molecule has 0 spiro atoms. The third-order valence-corrected chi connectivity index (χ3v) is 2.80. The number of hydrogen-bond donors (Lipinski definition) is 0. The standard InChI is InChI=1S/C13H19NO5/c1-4-7-19-13(16)14-6-5-10(12(15)18-3)8-11(14)9-17-2/h4-5,11H,1,6-9H2,2-3H3/t11-/m0/s1. The van der Waals surface area contributed by atoms with Gasteiger partial charge in [-0.2, -0.15) is 0 Å². The van der Waals surface area contributed by atoms with E-state index in [0.29, 0.717) is 25.1 Å². The molecule has 6 nitrogen and oxygen atoms in total. The molecule has 1 atom stereocenters. The Morgan fingerprint density at radius 2 is 2.26 bits per heavy atom. The third kappa shape index (κ3) is 4.10. The van der Waals surface area contributed by atoms with E-state index in [4.69, 9.17) is 9.47 Å². The number of methoxy groups -OCH3 is 2. The molecule has 0 radical (unpaired) electrons. The molecule has 19 heavy (non-hydrogen) atoms. The predicted octanol–water partition coefficient (Wildman–Crippen LogP) is 1.13. The van der Waals surface area contributed by atoms with Crippen LogP contribution in [-0.2, 0) is 19.0 Å². The van der Waals surface area contributed by atoms with Crippen LogP contribution in [0, 0.1) is 0 Å². The Kier molecular flexibility index (Phi) is 6.08. The fraction of sp³-hybridized carbons (Fsp3) is 0.538. The van der Waals surface area contributed by atoms with Crippen LogP contribution in [0.5, 0.6) is 0 Å². The Hall–Kier alpha value is -1.82. The van der Waals surface area contributed by atoms with Crippen LogP contribution in [0.1, 0.15) is 6.42 Å². The number of amides is 1. The van der Waals surface area contributed by atoms with E-state index in [2.05, 4.69) is 11.3 Å². The van der Waals surface area contributed by atoms with Crippen LogP contribution in [0.4, 0.5) is 4.79 Å². The first-order valence-corrected chi connectivity index (χ1v) is 5.94. The summed E-state index contributed by atoms with van der Waals surface area (Å²) < 4.78 is 14.8. The molecule has 0 aromatic carbocycles. The molecule has 0 N–H and O–H groups in total. The lowest BCUT2D eigenvalue weighted by Gasteiger charge is -2.33. The van der Waals surface area contributed by atoms with Gasteiger partial charge < -0.3 is 14.2 Å². The van der Waals surface area contributed by atoms with Crippen molar-refractivity contribution in [1.29, 1.82) is 0 Å². The van der Waals surface area contributed by atoms with Crippen molar-refractivity contribution in [3.63, 3.8) is 0 Å². The molecule has 0 aromatic heterocycles. The second kappa shape index (κ2) is 7.58. The molecule has 106 valence electrons. The largest absolute Gasteiger partial charge is 0.466 e. The summed E-state index contributed by atoms with van der Waals surface area (Å²) in [5.41, 5.74) is 0.553. The van der Waals surface area contributed by atoms with Gasteiger partial charge in [0.15, 0.2) is 0 Å². The van der Waals surface area contributed by atoms with Crippen LogP contribution in [-0.4, -0.2) is 57.0 Å². The van der Waals surface area contributed by atoms with Crippen molar-refractivity contribution >= 4 is 12.1 Å². The van der Waals surface area contributed by atoms with E-state index < -0.39 is 6.09 Å². The molecule has 1 aliphatic rings. The molecule has 0 saturated carbocycles. The molecule has 0 unspecified atom stereocenters. The SMILES string of the molecule is C=CCOC(=O)N1CC=C(C(=O)OC)C[C@H]1COC. The molecular formula is C13H19NO5. The maximum atomic E-state index is 11.8. The van der Waals surface area contributed by atoms with Crippen molar-refractivity contribution in [3.8, 4) is 0 Å². The van der Waals surface area contributed by atoms with Gasteiger partial charge in [-0.15, -0.1) is 0 Å². The monoisotopic (exact) mass is 269 g/mol. The van der Waals surface area contributed by atoms with Gasteiger partial charge in [-0.25, -0.2) is 9.59 Å². The number of esters is 1. The van der Waals surface area contributed by atoms with Crippen LogP contribution < -0.4 is 0 Å². The highest BCUT2D eigenvalue weighted by atomic mass is 16.6. The minimum Gasteiger partial charge on any atom is -0.466 e. The molecule has 0 fully saturated rings. The highest BCUT2D eigenvalue weighted by Crippen LogP contribution is 2.20. The lowest BCUT2D eigenvalue weighted by Crippen LogP contribution is -2.46. The Labute approximate surface area is 112 Å². The van der Waals surface area contributed by atoms with Crippen molar-refractivity contribution in [2.75, 3.05) is 34.0 Å². The van der Waals surface area contributed by atoms with Gasteiger partial charge in [0.2, 0.25) is 0 Å². The molecule has 1 heterocycles. The topological polar surface area (TPSA) is 65.1 Å².